The first-order valence-electron chi connectivity index (χ1n) is 12.8. The van der Waals surface area contributed by atoms with E-state index in [1.807, 2.05) is 28.2 Å². The number of hydrogen-bond acceptors (Lipinski definition) is 6. The zero-order valence-corrected chi connectivity index (χ0v) is 25.4. The van der Waals surface area contributed by atoms with Crippen molar-refractivity contribution in [3.05, 3.63) is 83.4 Å². The molecular weight excluding hydrogens is 549 g/mol. The lowest BCUT2D eigenvalue weighted by Gasteiger charge is -2.39. The summed E-state index contributed by atoms with van der Waals surface area (Å²) >= 11 is 13.8. The van der Waals surface area contributed by atoms with Gasteiger partial charge in [0.2, 0.25) is 5.91 Å². The summed E-state index contributed by atoms with van der Waals surface area (Å²) < 4.78 is -0.646. The molecule has 1 amide bonds. The highest BCUT2D eigenvalue weighted by Crippen LogP contribution is 2.55. The molecule has 0 saturated carbocycles. The number of aliphatic imine (C=N–C) groups is 1. The van der Waals surface area contributed by atoms with Crippen LogP contribution < -0.4 is 20.0 Å². The smallest absolute Gasteiger partial charge is 0.222 e. The maximum absolute atomic E-state index is 12.2. The van der Waals surface area contributed by atoms with Crippen LogP contribution in [0, 0.1) is 0 Å². The minimum atomic E-state index is -0.646. The van der Waals surface area contributed by atoms with Gasteiger partial charge >= 0.3 is 0 Å². The summed E-state index contributed by atoms with van der Waals surface area (Å²) in [5.74, 6) is 0.821. The quantitative estimate of drug-likeness (QED) is 0.301. The van der Waals surface area contributed by atoms with Crippen LogP contribution in [0.15, 0.2) is 71.7 Å². The fraction of sp³-hybridized carbons (Fsp3) is 0.333. The average molecular weight is 585 g/mol. The number of thioether (sulfide) groups is 1. The van der Waals surface area contributed by atoms with E-state index in [-0.39, 0.29) is 5.91 Å². The van der Waals surface area contributed by atoms with E-state index in [1.54, 1.807) is 11.8 Å². The first-order valence-corrected chi connectivity index (χ1v) is 14.7. The molecule has 0 bridgehead atoms. The number of amidine groups is 1. The van der Waals surface area contributed by atoms with E-state index in [4.69, 9.17) is 28.2 Å². The Labute approximate surface area is 246 Å². The third kappa shape index (κ3) is 6.16. The minimum absolute atomic E-state index is 0.161. The molecule has 0 radical (unpaired) electrons. The number of alkyl halides is 2. The van der Waals surface area contributed by atoms with Crippen molar-refractivity contribution < 1.29 is 4.79 Å². The van der Waals surface area contributed by atoms with Crippen molar-refractivity contribution in [3.8, 4) is 0 Å². The fourth-order valence-electron chi connectivity index (χ4n) is 4.80. The summed E-state index contributed by atoms with van der Waals surface area (Å²) in [5, 5.41) is 3.53. The minimum Gasteiger partial charge on any atom is -0.378 e. The Hall–Kier alpha value is -2.87. The number of rotatable bonds is 9. The maximum Gasteiger partial charge on any atom is 0.222 e. The highest BCUT2D eigenvalue weighted by molar-refractivity contribution is 8.15. The van der Waals surface area contributed by atoms with Gasteiger partial charge in [-0.15, -0.1) is 23.2 Å². The van der Waals surface area contributed by atoms with Crippen molar-refractivity contribution in [2.45, 2.75) is 11.7 Å². The predicted octanol–water partition coefficient (Wildman–Crippen LogP) is 6.26. The summed E-state index contributed by atoms with van der Waals surface area (Å²) in [5.41, 5.74) is 7.27. The summed E-state index contributed by atoms with van der Waals surface area (Å²) in [7, 11) is 8.13. The average Bonchev–Trinajstić information content (AvgIpc) is 2.92. The molecule has 1 heterocycles. The number of amides is 1. The first-order chi connectivity index (χ1) is 18.7. The van der Waals surface area contributed by atoms with E-state index >= 15 is 0 Å². The van der Waals surface area contributed by atoms with Crippen molar-refractivity contribution in [1.29, 1.82) is 0 Å². The normalized spacial score (nSPS) is 13.8. The third-order valence-electron chi connectivity index (χ3n) is 6.77. The standard InChI is InChI=1S/C30H35Cl2N5OS/c1-21(38)33-29-34-28-20-26(37(18-16-31)19-17-32)14-15-27(28)30(39-29,22-6-10-24(11-7-22)35(2)3)23-8-12-25(13-9-23)36(4)5/h6-15,20H,16-19H2,1-5H3,(H,33,34,38). The lowest BCUT2D eigenvalue weighted by atomic mass is 9.82. The Morgan fingerprint density at radius 3 is 1.74 bits per heavy atom. The van der Waals surface area contributed by atoms with Crippen LogP contribution in [-0.4, -0.2) is 64.1 Å². The van der Waals surface area contributed by atoms with Gasteiger partial charge in [-0.25, -0.2) is 4.99 Å². The molecule has 6 nitrogen and oxygen atoms in total. The molecule has 0 saturated heterocycles. The second kappa shape index (κ2) is 12.5. The van der Waals surface area contributed by atoms with Gasteiger partial charge in [-0.1, -0.05) is 42.1 Å². The number of benzene rings is 3. The summed E-state index contributed by atoms with van der Waals surface area (Å²) in [6.45, 7) is 2.86. The third-order valence-corrected chi connectivity index (χ3v) is 8.49. The van der Waals surface area contributed by atoms with Crippen molar-refractivity contribution >= 4 is 68.8 Å². The SMILES string of the molecule is CC(=O)NC1=Nc2cc(N(CCCl)CCCl)ccc2C(c2ccc(N(C)C)cc2)(c2ccc(N(C)C)cc2)S1. The van der Waals surface area contributed by atoms with Gasteiger partial charge in [-0.05, 0) is 47.5 Å². The molecule has 4 rings (SSSR count). The van der Waals surface area contributed by atoms with Crippen molar-refractivity contribution in [3.63, 3.8) is 0 Å². The van der Waals surface area contributed by atoms with E-state index < -0.39 is 4.75 Å². The number of nitrogens with one attached hydrogen (secondary N) is 1. The van der Waals surface area contributed by atoms with Gasteiger partial charge in [0.15, 0.2) is 5.17 Å². The molecule has 9 heteroatoms. The lowest BCUT2D eigenvalue weighted by molar-refractivity contribution is -0.117. The zero-order chi connectivity index (χ0) is 28.2. The number of halogens is 2. The van der Waals surface area contributed by atoms with Crippen molar-refractivity contribution in [1.82, 2.24) is 5.32 Å². The largest absolute Gasteiger partial charge is 0.378 e. The molecule has 206 valence electrons. The molecule has 0 aromatic heterocycles. The monoisotopic (exact) mass is 583 g/mol. The maximum atomic E-state index is 12.2. The summed E-state index contributed by atoms with van der Waals surface area (Å²) in [6.07, 6.45) is 0. The Morgan fingerprint density at radius 2 is 1.31 bits per heavy atom. The molecule has 0 spiro atoms. The van der Waals surface area contributed by atoms with Crippen LogP contribution in [0.25, 0.3) is 0 Å². The Bertz CT molecular complexity index is 1270. The molecule has 1 N–H and O–H groups in total. The molecule has 0 aliphatic carbocycles. The van der Waals surface area contributed by atoms with E-state index in [1.165, 1.54) is 6.92 Å². The van der Waals surface area contributed by atoms with Gasteiger partial charge in [-0.2, -0.15) is 0 Å². The molecule has 3 aromatic carbocycles. The van der Waals surface area contributed by atoms with Crippen LogP contribution in [0.5, 0.6) is 0 Å². The number of hydrogen-bond donors (Lipinski definition) is 1. The highest BCUT2D eigenvalue weighted by Gasteiger charge is 2.43. The molecule has 0 fully saturated rings. The molecule has 1 aliphatic rings. The fourth-order valence-corrected chi connectivity index (χ4v) is 6.63. The van der Waals surface area contributed by atoms with Crippen LogP contribution >= 0.6 is 35.0 Å². The summed E-state index contributed by atoms with van der Waals surface area (Å²) in [6, 6.07) is 23.6. The number of nitrogens with zero attached hydrogens (tertiary/aromatic N) is 4. The van der Waals surface area contributed by atoms with Crippen LogP contribution in [0.4, 0.5) is 22.7 Å². The molecule has 1 aliphatic heterocycles. The second-order valence-electron chi connectivity index (χ2n) is 9.83. The Kier molecular flexibility index (Phi) is 9.36. The van der Waals surface area contributed by atoms with E-state index in [0.29, 0.717) is 30.0 Å². The van der Waals surface area contributed by atoms with Gasteiger partial charge < -0.3 is 20.0 Å². The molecule has 39 heavy (non-hydrogen) atoms. The lowest BCUT2D eigenvalue weighted by Crippen LogP contribution is -2.36. The van der Waals surface area contributed by atoms with Crippen LogP contribution in [-0.2, 0) is 9.54 Å². The van der Waals surface area contributed by atoms with Gasteiger partial charge in [0.05, 0.1) is 5.69 Å². The molecule has 0 atom stereocenters. The number of anilines is 3. The molecule has 3 aromatic rings. The van der Waals surface area contributed by atoms with Gasteiger partial charge in [0, 0.05) is 82.6 Å². The zero-order valence-electron chi connectivity index (χ0n) is 23.0. The Morgan fingerprint density at radius 1 is 0.821 bits per heavy atom. The van der Waals surface area contributed by atoms with Crippen molar-refractivity contribution in [2.75, 3.05) is 67.7 Å². The topological polar surface area (TPSA) is 51.2 Å². The number of fused-ring (bicyclic) bond motifs is 1. The van der Waals surface area contributed by atoms with Gasteiger partial charge in [0.1, 0.15) is 4.75 Å². The molecular formula is C30H35Cl2N5OS. The first kappa shape index (κ1) is 29.1. The van der Waals surface area contributed by atoms with E-state index in [9.17, 15) is 4.79 Å². The second-order valence-corrected chi connectivity index (χ2v) is 11.8. The van der Waals surface area contributed by atoms with E-state index in [0.717, 1.165) is 39.4 Å². The van der Waals surface area contributed by atoms with Crippen LogP contribution in [0.1, 0.15) is 23.6 Å². The number of carbonyl (C=O) groups excluding carboxylic acids is 1. The van der Waals surface area contributed by atoms with Crippen molar-refractivity contribution in [2.24, 2.45) is 4.99 Å². The molecule has 0 unspecified atom stereocenters. The Balaban J connectivity index is 1.98. The highest BCUT2D eigenvalue weighted by atomic mass is 35.5. The van der Waals surface area contributed by atoms with Crippen LogP contribution in [0.3, 0.4) is 0 Å². The van der Waals surface area contributed by atoms with E-state index in [2.05, 4.69) is 86.7 Å². The predicted molar refractivity (Wildman–Crippen MR) is 170 cm³/mol. The summed E-state index contributed by atoms with van der Waals surface area (Å²) in [4.78, 5) is 23.5. The van der Waals surface area contributed by atoms with Gasteiger partial charge in [0.25, 0.3) is 0 Å². The number of carbonyl (C=O) groups is 1. The van der Waals surface area contributed by atoms with Crippen LogP contribution in [0.2, 0.25) is 0 Å². The van der Waals surface area contributed by atoms with Gasteiger partial charge in [-0.3, -0.25) is 4.79 Å².